The van der Waals surface area contributed by atoms with Gasteiger partial charge >= 0.3 is 6.61 Å². The molecule has 0 saturated carbocycles. The van der Waals surface area contributed by atoms with Crippen molar-refractivity contribution >= 4 is 0 Å². The van der Waals surface area contributed by atoms with Crippen molar-refractivity contribution in [1.29, 1.82) is 0 Å². The van der Waals surface area contributed by atoms with Crippen LogP contribution >= 0.6 is 0 Å². The van der Waals surface area contributed by atoms with E-state index in [0.29, 0.717) is 12.6 Å². The Morgan fingerprint density at radius 1 is 1.28 bits per heavy atom. The minimum absolute atomic E-state index is 0.256. The van der Waals surface area contributed by atoms with Crippen molar-refractivity contribution in [1.82, 2.24) is 5.32 Å². The number of alkyl halides is 2. The minimum atomic E-state index is -2.77. The van der Waals surface area contributed by atoms with Gasteiger partial charge in [-0.05, 0) is 25.3 Å². The van der Waals surface area contributed by atoms with E-state index in [2.05, 4.69) is 22.2 Å². The summed E-state index contributed by atoms with van der Waals surface area (Å²) in [4.78, 5) is 0. The molecule has 0 bridgehead atoms. The van der Waals surface area contributed by atoms with Crippen LogP contribution in [0.4, 0.5) is 8.78 Å². The Bertz CT molecular complexity index is 407. The second-order valence-electron chi connectivity index (χ2n) is 4.35. The van der Waals surface area contributed by atoms with Gasteiger partial charge in [-0.3, -0.25) is 0 Å². The van der Waals surface area contributed by atoms with Gasteiger partial charge in [0, 0.05) is 18.2 Å². The van der Waals surface area contributed by atoms with Crippen LogP contribution in [0, 0.1) is 0 Å². The average molecular weight is 253 g/mol. The number of benzene rings is 1. The van der Waals surface area contributed by atoms with Crippen molar-refractivity contribution in [2.24, 2.45) is 0 Å². The summed E-state index contributed by atoms with van der Waals surface area (Å²) in [6, 6.07) is 7.34. The topological polar surface area (TPSA) is 21.3 Å². The lowest BCUT2D eigenvalue weighted by molar-refractivity contribution is -0.0505. The molecular formula is C14H17F2NO. The largest absolute Gasteiger partial charge is 0.434 e. The number of halogens is 2. The van der Waals surface area contributed by atoms with E-state index in [1.54, 1.807) is 12.1 Å². The fourth-order valence-electron chi connectivity index (χ4n) is 2.09. The van der Waals surface area contributed by atoms with E-state index in [1.807, 2.05) is 12.1 Å². The second kappa shape index (κ2) is 6.50. The molecule has 1 unspecified atom stereocenters. The number of hydrogen-bond acceptors (Lipinski definition) is 2. The molecule has 18 heavy (non-hydrogen) atoms. The number of nitrogens with one attached hydrogen (secondary N) is 1. The molecule has 0 fully saturated rings. The van der Waals surface area contributed by atoms with Crippen LogP contribution in [0.1, 0.15) is 24.8 Å². The van der Waals surface area contributed by atoms with Crippen LogP contribution in [0.25, 0.3) is 0 Å². The first-order chi connectivity index (χ1) is 8.75. The molecule has 0 saturated heterocycles. The van der Waals surface area contributed by atoms with Crippen LogP contribution in [0.3, 0.4) is 0 Å². The zero-order chi connectivity index (χ0) is 12.8. The van der Waals surface area contributed by atoms with Crippen molar-refractivity contribution in [3.05, 3.63) is 42.0 Å². The second-order valence-corrected chi connectivity index (χ2v) is 4.35. The first-order valence-electron chi connectivity index (χ1n) is 6.17. The van der Waals surface area contributed by atoms with E-state index in [1.165, 1.54) is 0 Å². The molecule has 4 heteroatoms. The van der Waals surface area contributed by atoms with Gasteiger partial charge in [-0.15, -0.1) is 0 Å². The lowest BCUT2D eigenvalue weighted by Gasteiger charge is -2.20. The van der Waals surface area contributed by atoms with Gasteiger partial charge in [-0.25, -0.2) is 0 Å². The predicted molar refractivity (Wildman–Crippen MR) is 66.7 cm³/mol. The molecule has 0 amide bonds. The quantitative estimate of drug-likeness (QED) is 0.811. The van der Waals surface area contributed by atoms with E-state index in [-0.39, 0.29) is 5.75 Å². The zero-order valence-corrected chi connectivity index (χ0v) is 10.1. The van der Waals surface area contributed by atoms with Gasteiger partial charge in [0.05, 0.1) is 0 Å². The van der Waals surface area contributed by atoms with Gasteiger partial charge in [-0.1, -0.05) is 30.4 Å². The molecule has 1 aliphatic rings. The third kappa shape index (κ3) is 3.81. The van der Waals surface area contributed by atoms with E-state index < -0.39 is 6.61 Å². The predicted octanol–water partition coefficient (Wildman–Crippen LogP) is 3.49. The molecule has 1 atom stereocenters. The Hall–Kier alpha value is -1.42. The highest BCUT2D eigenvalue weighted by Crippen LogP contribution is 2.21. The molecule has 1 aliphatic carbocycles. The highest BCUT2D eigenvalue weighted by Gasteiger charge is 2.12. The number of allylic oxidation sites excluding steroid dienone is 1. The number of ether oxygens (including phenoxy) is 1. The third-order valence-corrected chi connectivity index (χ3v) is 3.04. The fourth-order valence-corrected chi connectivity index (χ4v) is 2.09. The number of hydrogen-bond donors (Lipinski definition) is 1. The lowest BCUT2D eigenvalue weighted by atomic mass is 10.0. The summed E-state index contributed by atoms with van der Waals surface area (Å²) in [5.74, 6) is 0.256. The molecule has 98 valence electrons. The molecule has 1 N–H and O–H groups in total. The average Bonchev–Trinajstić information content (AvgIpc) is 2.38. The SMILES string of the molecule is FC(F)Oc1ccccc1CNC1CC=CCC1. The van der Waals surface area contributed by atoms with Crippen LogP contribution in [-0.4, -0.2) is 12.7 Å². The molecule has 2 nitrogen and oxygen atoms in total. The Balaban J connectivity index is 1.93. The summed E-state index contributed by atoms with van der Waals surface area (Å²) in [6.45, 7) is -2.22. The van der Waals surface area contributed by atoms with Gasteiger partial charge in [0.1, 0.15) is 5.75 Å². The lowest BCUT2D eigenvalue weighted by Crippen LogP contribution is -2.29. The van der Waals surface area contributed by atoms with Crippen molar-refractivity contribution in [2.45, 2.75) is 38.5 Å². The van der Waals surface area contributed by atoms with Crippen molar-refractivity contribution in [3.8, 4) is 5.75 Å². The van der Waals surface area contributed by atoms with E-state index >= 15 is 0 Å². The van der Waals surface area contributed by atoms with Crippen molar-refractivity contribution in [3.63, 3.8) is 0 Å². The molecule has 1 aromatic carbocycles. The molecule has 0 aliphatic heterocycles. The summed E-state index contributed by atoms with van der Waals surface area (Å²) in [7, 11) is 0. The molecule has 0 heterocycles. The summed E-state index contributed by atoms with van der Waals surface area (Å²) < 4.78 is 29.0. The first kappa shape index (κ1) is 13.0. The monoisotopic (exact) mass is 253 g/mol. The Kier molecular flexibility index (Phi) is 4.70. The van der Waals surface area contributed by atoms with Gasteiger partial charge in [0.15, 0.2) is 0 Å². The summed E-state index contributed by atoms with van der Waals surface area (Å²) in [5.41, 5.74) is 0.771. The highest BCUT2D eigenvalue weighted by atomic mass is 19.3. The fraction of sp³-hybridized carbons (Fsp3) is 0.429. The van der Waals surface area contributed by atoms with Crippen LogP contribution in [-0.2, 0) is 6.54 Å². The summed E-state index contributed by atoms with van der Waals surface area (Å²) >= 11 is 0. The Morgan fingerprint density at radius 3 is 2.83 bits per heavy atom. The minimum Gasteiger partial charge on any atom is -0.434 e. The third-order valence-electron chi connectivity index (χ3n) is 3.04. The standard InChI is InChI=1S/C14H17F2NO/c15-14(16)18-13-9-5-4-6-11(13)10-17-12-7-2-1-3-8-12/h1-2,4-6,9,12,14,17H,3,7-8,10H2. The van der Waals surface area contributed by atoms with E-state index in [0.717, 1.165) is 24.8 Å². The van der Waals surface area contributed by atoms with Gasteiger partial charge < -0.3 is 10.1 Å². The highest BCUT2D eigenvalue weighted by molar-refractivity contribution is 5.33. The first-order valence-corrected chi connectivity index (χ1v) is 6.17. The van der Waals surface area contributed by atoms with Gasteiger partial charge in [0.25, 0.3) is 0 Å². The van der Waals surface area contributed by atoms with Crippen molar-refractivity contribution < 1.29 is 13.5 Å². The van der Waals surface area contributed by atoms with Crippen LogP contribution < -0.4 is 10.1 Å². The number of para-hydroxylation sites is 1. The molecule has 2 rings (SSSR count). The molecule has 0 aromatic heterocycles. The maximum absolute atomic E-state index is 12.2. The number of rotatable bonds is 5. The molecular weight excluding hydrogens is 236 g/mol. The Labute approximate surface area is 106 Å². The summed E-state index contributed by atoms with van der Waals surface area (Å²) in [6.07, 6.45) is 7.49. The Morgan fingerprint density at radius 2 is 2.11 bits per heavy atom. The van der Waals surface area contributed by atoms with E-state index in [4.69, 9.17) is 0 Å². The normalized spacial score (nSPS) is 19.2. The van der Waals surface area contributed by atoms with Gasteiger partial charge in [0.2, 0.25) is 0 Å². The summed E-state index contributed by atoms with van der Waals surface area (Å²) in [5, 5.41) is 3.38. The maximum atomic E-state index is 12.2. The molecule has 0 radical (unpaired) electrons. The molecule has 1 aromatic rings. The van der Waals surface area contributed by atoms with Crippen molar-refractivity contribution in [2.75, 3.05) is 0 Å². The van der Waals surface area contributed by atoms with Crippen LogP contribution in [0.2, 0.25) is 0 Å². The van der Waals surface area contributed by atoms with Crippen LogP contribution in [0.5, 0.6) is 5.75 Å². The van der Waals surface area contributed by atoms with Gasteiger partial charge in [-0.2, -0.15) is 8.78 Å². The van der Waals surface area contributed by atoms with E-state index in [9.17, 15) is 8.78 Å². The zero-order valence-electron chi connectivity index (χ0n) is 10.1. The maximum Gasteiger partial charge on any atom is 0.387 e. The van der Waals surface area contributed by atoms with Crippen LogP contribution in [0.15, 0.2) is 36.4 Å². The molecule has 0 spiro atoms. The smallest absolute Gasteiger partial charge is 0.387 e.